The van der Waals surface area contributed by atoms with E-state index in [-0.39, 0.29) is 17.1 Å². The average Bonchev–Trinajstić information content (AvgIpc) is 3.05. The first-order chi connectivity index (χ1) is 17.0. The lowest BCUT2D eigenvalue weighted by molar-refractivity contribution is -0.0893. The van der Waals surface area contributed by atoms with E-state index in [1.807, 2.05) is 18.3 Å². The van der Waals surface area contributed by atoms with E-state index in [2.05, 4.69) is 51.4 Å². The van der Waals surface area contributed by atoms with E-state index in [1.54, 1.807) is 30.8 Å². The molecule has 3 aromatic heterocycles. The molecule has 5 rings (SSSR count). The first kappa shape index (κ1) is 24.1. The monoisotopic (exact) mass is 504 g/mol. The molecule has 0 spiro atoms. The summed E-state index contributed by atoms with van der Waals surface area (Å²) in [5.41, 5.74) is 1.34. The number of pyridine rings is 2. The van der Waals surface area contributed by atoms with E-state index in [0.29, 0.717) is 35.4 Å². The Bertz CT molecular complexity index is 1500. The number of nitrogens with one attached hydrogen (secondary N) is 1. The lowest BCUT2D eigenvalue weighted by atomic mass is 9.73. The molecule has 2 aliphatic rings. The van der Waals surface area contributed by atoms with Crippen molar-refractivity contribution in [2.45, 2.75) is 44.2 Å². The molecule has 2 atom stereocenters. The molecule has 0 unspecified atom stereocenters. The maximum atomic E-state index is 12.3. The van der Waals surface area contributed by atoms with Gasteiger partial charge in [0.05, 0.1) is 35.7 Å². The van der Waals surface area contributed by atoms with Crippen LogP contribution in [0.3, 0.4) is 0 Å². The molecule has 3 aromatic rings. The molecule has 2 aliphatic heterocycles. The van der Waals surface area contributed by atoms with Gasteiger partial charge in [-0.3, -0.25) is 4.98 Å². The Labute approximate surface area is 211 Å². The number of aromatic nitrogens is 4. The lowest BCUT2D eigenvalue weighted by Gasteiger charge is -2.46. The van der Waals surface area contributed by atoms with Crippen LogP contribution in [0, 0.1) is 11.3 Å². The fourth-order valence-electron chi connectivity index (χ4n) is 4.78. The van der Waals surface area contributed by atoms with Gasteiger partial charge in [0.15, 0.2) is 5.82 Å². The van der Waals surface area contributed by atoms with Crippen molar-refractivity contribution in [1.29, 1.82) is 5.26 Å². The standard InChI is InChI=1S/C25H28N8O2S/c1-24(2)10-19-25(3,15-35-24)18-14-28-23(29-17-9-16(11-26)12-27-13-17)31-22(18)33(19)21-8-6-7-20(30-21)32-36(4,5)34/h6-9,12-14,19H,10,15H2,1-5H3,(H,28,29,31)/t19-,25-/m1/s1. The second-order valence-electron chi connectivity index (χ2n) is 10.3. The van der Waals surface area contributed by atoms with Gasteiger partial charge in [0.25, 0.3) is 0 Å². The van der Waals surface area contributed by atoms with Gasteiger partial charge in [0.2, 0.25) is 5.95 Å². The fraction of sp³-hybridized carbons (Fsp3) is 0.400. The normalized spacial score (nSPS) is 22.3. The molecule has 0 aliphatic carbocycles. The van der Waals surface area contributed by atoms with Crippen LogP contribution < -0.4 is 10.2 Å². The third-order valence-electron chi connectivity index (χ3n) is 6.51. The van der Waals surface area contributed by atoms with Gasteiger partial charge in [0, 0.05) is 45.6 Å². The molecule has 10 nitrogen and oxygen atoms in total. The van der Waals surface area contributed by atoms with E-state index >= 15 is 0 Å². The summed E-state index contributed by atoms with van der Waals surface area (Å²) in [5, 5.41) is 12.4. The van der Waals surface area contributed by atoms with Crippen molar-refractivity contribution in [1.82, 2.24) is 19.9 Å². The van der Waals surface area contributed by atoms with Gasteiger partial charge in [-0.1, -0.05) is 13.0 Å². The lowest BCUT2D eigenvalue weighted by Crippen LogP contribution is -2.54. The molecule has 186 valence electrons. The number of hydrogen-bond donors (Lipinski definition) is 1. The number of rotatable bonds is 4. The molecule has 11 heteroatoms. The van der Waals surface area contributed by atoms with Crippen LogP contribution in [-0.4, -0.2) is 54.9 Å². The van der Waals surface area contributed by atoms with Crippen molar-refractivity contribution in [2.24, 2.45) is 4.36 Å². The maximum absolute atomic E-state index is 12.3. The van der Waals surface area contributed by atoms with Crippen molar-refractivity contribution in [3.63, 3.8) is 0 Å². The Morgan fingerprint density at radius 2 is 2.03 bits per heavy atom. The van der Waals surface area contributed by atoms with Gasteiger partial charge >= 0.3 is 0 Å². The third kappa shape index (κ3) is 4.50. The summed E-state index contributed by atoms with van der Waals surface area (Å²) >= 11 is 0. The van der Waals surface area contributed by atoms with Gasteiger partial charge in [0.1, 0.15) is 17.7 Å². The first-order valence-electron chi connectivity index (χ1n) is 11.5. The van der Waals surface area contributed by atoms with Crippen LogP contribution in [0.1, 0.15) is 38.3 Å². The Kier molecular flexibility index (Phi) is 5.69. The highest BCUT2D eigenvalue weighted by molar-refractivity contribution is 7.92. The van der Waals surface area contributed by atoms with Crippen LogP contribution in [0.4, 0.5) is 29.1 Å². The van der Waals surface area contributed by atoms with Gasteiger partial charge in [-0.2, -0.15) is 14.6 Å². The number of ether oxygens (including phenoxy) is 1. The smallest absolute Gasteiger partial charge is 0.229 e. The summed E-state index contributed by atoms with van der Waals surface area (Å²) in [6, 6.07) is 9.33. The van der Waals surface area contributed by atoms with Crippen LogP contribution >= 0.6 is 0 Å². The topological polar surface area (TPSA) is 129 Å². The number of hydrogen-bond acceptors (Lipinski definition) is 10. The van der Waals surface area contributed by atoms with Crippen molar-refractivity contribution in [3.8, 4) is 6.07 Å². The highest BCUT2D eigenvalue weighted by Crippen LogP contribution is 2.53. The zero-order valence-corrected chi connectivity index (χ0v) is 21.7. The Morgan fingerprint density at radius 3 is 2.78 bits per heavy atom. The molecule has 36 heavy (non-hydrogen) atoms. The Morgan fingerprint density at radius 1 is 1.22 bits per heavy atom. The van der Waals surface area contributed by atoms with Crippen LogP contribution in [0.15, 0.2) is 47.2 Å². The predicted molar refractivity (Wildman–Crippen MR) is 139 cm³/mol. The molecule has 0 saturated carbocycles. The minimum atomic E-state index is -2.37. The van der Waals surface area contributed by atoms with Crippen LogP contribution in [0.2, 0.25) is 0 Å². The molecular weight excluding hydrogens is 476 g/mol. The largest absolute Gasteiger partial charge is 0.374 e. The van der Waals surface area contributed by atoms with Gasteiger partial charge in [-0.25, -0.2) is 14.2 Å². The molecule has 0 aromatic carbocycles. The molecule has 0 amide bonds. The summed E-state index contributed by atoms with van der Waals surface area (Å²) in [7, 11) is -2.37. The summed E-state index contributed by atoms with van der Waals surface area (Å²) in [6.45, 7) is 6.86. The zero-order chi connectivity index (χ0) is 25.7. The SMILES string of the molecule is CC1(C)C[C@H]2N(c3cccc(N=S(C)(C)=O)n3)c3nc(Nc4cncc(C#N)c4)ncc3[C@@]2(C)CO1. The van der Waals surface area contributed by atoms with Gasteiger partial charge < -0.3 is 15.0 Å². The van der Waals surface area contributed by atoms with E-state index in [0.717, 1.165) is 17.8 Å². The summed E-state index contributed by atoms with van der Waals surface area (Å²) in [4.78, 5) is 20.5. The predicted octanol–water partition coefficient (Wildman–Crippen LogP) is 4.22. The number of nitriles is 1. The Hall–Kier alpha value is -3.62. The van der Waals surface area contributed by atoms with Gasteiger partial charge in [-0.15, -0.1) is 0 Å². The van der Waals surface area contributed by atoms with Crippen molar-refractivity contribution < 1.29 is 8.95 Å². The molecular formula is C25H28N8O2S. The second-order valence-corrected chi connectivity index (χ2v) is 12.9. The highest BCUT2D eigenvalue weighted by Gasteiger charge is 2.55. The first-order valence-corrected chi connectivity index (χ1v) is 13.9. The van der Waals surface area contributed by atoms with Crippen molar-refractivity contribution in [2.75, 3.05) is 29.3 Å². The average molecular weight is 505 g/mol. The number of anilines is 4. The summed E-state index contributed by atoms with van der Waals surface area (Å²) < 4.78 is 22.9. The van der Waals surface area contributed by atoms with Crippen molar-refractivity contribution >= 4 is 38.8 Å². The quantitative estimate of drug-likeness (QED) is 0.555. The molecule has 1 fully saturated rings. The molecule has 0 bridgehead atoms. The van der Waals surface area contributed by atoms with E-state index < -0.39 is 9.73 Å². The van der Waals surface area contributed by atoms with Crippen molar-refractivity contribution in [3.05, 3.63) is 54.0 Å². The van der Waals surface area contributed by atoms with Crippen LogP contribution in [-0.2, 0) is 19.9 Å². The van der Waals surface area contributed by atoms with Crippen LogP contribution in [0.25, 0.3) is 0 Å². The highest BCUT2D eigenvalue weighted by atomic mass is 32.2. The maximum Gasteiger partial charge on any atom is 0.229 e. The second kappa shape index (κ2) is 8.50. The zero-order valence-electron chi connectivity index (χ0n) is 20.9. The Balaban J connectivity index is 1.62. The summed E-state index contributed by atoms with van der Waals surface area (Å²) in [6.07, 6.45) is 8.88. The fourth-order valence-corrected chi connectivity index (χ4v) is 5.33. The van der Waals surface area contributed by atoms with E-state index in [1.165, 1.54) is 6.20 Å². The van der Waals surface area contributed by atoms with E-state index in [9.17, 15) is 9.47 Å². The van der Waals surface area contributed by atoms with E-state index in [4.69, 9.17) is 14.7 Å². The van der Waals surface area contributed by atoms with Crippen LogP contribution in [0.5, 0.6) is 0 Å². The van der Waals surface area contributed by atoms with Gasteiger partial charge in [-0.05, 0) is 38.5 Å². The third-order valence-corrected chi connectivity index (χ3v) is 7.14. The molecule has 5 heterocycles. The summed E-state index contributed by atoms with van der Waals surface area (Å²) in [5.74, 6) is 2.19. The minimum absolute atomic E-state index is 0.0137. The molecule has 1 saturated heterocycles. The minimum Gasteiger partial charge on any atom is -0.374 e. The number of nitrogens with zero attached hydrogens (tertiary/aromatic N) is 7. The molecule has 1 N–H and O–H groups in total. The number of fused-ring (bicyclic) bond motifs is 3. The molecule has 0 radical (unpaired) electrons.